The Hall–Kier alpha value is -2.43. The summed E-state index contributed by atoms with van der Waals surface area (Å²) < 4.78 is 11.0. The molecule has 5 heteroatoms. The number of fused-ring (bicyclic) bond motifs is 1. The van der Waals surface area contributed by atoms with E-state index >= 15 is 0 Å². The highest BCUT2D eigenvalue weighted by molar-refractivity contribution is 8.04. The van der Waals surface area contributed by atoms with Gasteiger partial charge in [-0.25, -0.2) is 0 Å². The van der Waals surface area contributed by atoms with Crippen molar-refractivity contribution in [2.75, 3.05) is 7.11 Å². The second-order valence-corrected chi connectivity index (χ2v) is 6.98. The number of allylic oxidation sites excluding steroid dienone is 1. The van der Waals surface area contributed by atoms with E-state index in [4.69, 9.17) is 20.8 Å². The number of ether oxygens (including phenoxy) is 1. The van der Waals surface area contributed by atoms with Crippen LogP contribution in [-0.2, 0) is 0 Å². The average molecular weight is 369 g/mol. The molecule has 0 saturated heterocycles. The summed E-state index contributed by atoms with van der Waals surface area (Å²) in [6.45, 7) is 0. The zero-order valence-corrected chi connectivity index (χ0v) is 14.9. The van der Waals surface area contributed by atoms with Crippen molar-refractivity contribution in [1.82, 2.24) is 0 Å². The maximum atomic E-state index is 12.4. The Morgan fingerprint density at radius 1 is 1.12 bits per heavy atom. The smallest absolute Gasteiger partial charge is 0.200 e. The van der Waals surface area contributed by atoms with Gasteiger partial charge in [-0.15, -0.1) is 0 Å². The lowest BCUT2D eigenvalue weighted by Gasteiger charge is -2.04. The quantitative estimate of drug-likeness (QED) is 0.536. The number of methoxy groups -OCH3 is 1. The molecule has 0 fully saturated rings. The first kappa shape index (κ1) is 16.1. The van der Waals surface area contributed by atoms with Gasteiger partial charge in [0.25, 0.3) is 0 Å². The second-order valence-electron chi connectivity index (χ2n) is 5.49. The molecule has 0 unspecified atom stereocenters. The minimum atomic E-state index is 0.0334. The molecule has 3 nitrogen and oxygen atoms in total. The van der Waals surface area contributed by atoms with Crippen molar-refractivity contribution in [3.8, 4) is 17.1 Å². The molecule has 124 valence electrons. The molecule has 25 heavy (non-hydrogen) atoms. The Labute approximate surface area is 154 Å². The van der Waals surface area contributed by atoms with E-state index in [9.17, 15) is 4.79 Å². The number of halogens is 1. The molecule has 1 aromatic heterocycles. The van der Waals surface area contributed by atoms with E-state index in [1.165, 1.54) is 11.8 Å². The molecule has 3 aromatic rings. The molecule has 1 aliphatic rings. The van der Waals surface area contributed by atoms with Crippen LogP contribution in [0.3, 0.4) is 0 Å². The highest BCUT2D eigenvalue weighted by Gasteiger charge is 2.25. The molecule has 0 aliphatic carbocycles. The number of Topliss-reactive ketones (excluding diaryl/α,β-unsaturated/α-hetero) is 1. The summed E-state index contributed by atoms with van der Waals surface area (Å²) in [6, 6.07) is 16.8. The van der Waals surface area contributed by atoms with Gasteiger partial charge in [0.05, 0.1) is 17.0 Å². The maximum Gasteiger partial charge on any atom is 0.200 e. The monoisotopic (exact) mass is 368 g/mol. The standard InChI is InChI=1S/C20H13ClO3S/c1-23-17-8-6-12(10-15(17)21)16-9-7-13(24-16)11-19-20(22)14-4-2-3-5-18(14)25-19/h2-11H,1H3/b19-11+. The number of hydrogen-bond acceptors (Lipinski definition) is 4. The predicted octanol–water partition coefficient (Wildman–Crippen LogP) is 5.94. The van der Waals surface area contributed by atoms with Gasteiger partial charge in [0.2, 0.25) is 5.78 Å². The van der Waals surface area contributed by atoms with Gasteiger partial charge in [-0.1, -0.05) is 35.5 Å². The Balaban J connectivity index is 1.62. The van der Waals surface area contributed by atoms with Crippen LogP contribution in [0.2, 0.25) is 5.02 Å². The summed E-state index contributed by atoms with van der Waals surface area (Å²) >= 11 is 7.63. The first-order valence-electron chi connectivity index (χ1n) is 7.63. The van der Waals surface area contributed by atoms with Gasteiger partial charge in [-0.2, -0.15) is 0 Å². The molecule has 0 amide bonds. The fourth-order valence-corrected chi connectivity index (χ4v) is 3.96. The third-order valence-corrected chi connectivity index (χ3v) is 5.31. The van der Waals surface area contributed by atoms with Crippen LogP contribution in [0.5, 0.6) is 5.75 Å². The SMILES string of the molecule is COc1ccc(-c2ccc(/C=C3/Sc4ccccc4C3=O)o2)cc1Cl. The third-order valence-electron chi connectivity index (χ3n) is 3.91. The Kier molecular flexibility index (Phi) is 4.15. The lowest BCUT2D eigenvalue weighted by atomic mass is 10.1. The summed E-state index contributed by atoms with van der Waals surface area (Å²) in [7, 11) is 1.58. The lowest BCUT2D eigenvalue weighted by Crippen LogP contribution is -1.93. The summed E-state index contributed by atoms with van der Waals surface area (Å²) in [4.78, 5) is 14.1. The van der Waals surface area contributed by atoms with E-state index in [2.05, 4.69) is 0 Å². The number of benzene rings is 2. The highest BCUT2D eigenvalue weighted by atomic mass is 35.5. The number of carbonyl (C=O) groups is 1. The van der Waals surface area contributed by atoms with Crippen LogP contribution in [-0.4, -0.2) is 12.9 Å². The van der Waals surface area contributed by atoms with Crippen LogP contribution in [0, 0.1) is 0 Å². The van der Waals surface area contributed by atoms with Crippen molar-refractivity contribution in [1.29, 1.82) is 0 Å². The summed E-state index contributed by atoms with van der Waals surface area (Å²) in [5, 5.41) is 0.522. The zero-order valence-electron chi connectivity index (χ0n) is 13.3. The molecule has 0 N–H and O–H groups in total. The topological polar surface area (TPSA) is 39.4 Å². The fourth-order valence-electron chi connectivity index (χ4n) is 2.67. The predicted molar refractivity (Wildman–Crippen MR) is 100 cm³/mol. The first-order valence-corrected chi connectivity index (χ1v) is 8.82. The van der Waals surface area contributed by atoms with Gasteiger partial charge < -0.3 is 9.15 Å². The number of thioether (sulfide) groups is 1. The van der Waals surface area contributed by atoms with E-state index in [1.54, 1.807) is 25.3 Å². The Morgan fingerprint density at radius 2 is 1.96 bits per heavy atom. The van der Waals surface area contributed by atoms with Gasteiger partial charge >= 0.3 is 0 Å². The van der Waals surface area contributed by atoms with Crippen LogP contribution in [0.1, 0.15) is 16.1 Å². The average Bonchev–Trinajstić information content (AvgIpc) is 3.21. The van der Waals surface area contributed by atoms with Gasteiger partial charge in [-0.3, -0.25) is 4.79 Å². The number of rotatable bonds is 3. The largest absolute Gasteiger partial charge is 0.495 e. The van der Waals surface area contributed by atoms with Crippen molar-refractivity contribution in [3.05, 3.63) is 75.8 Å². The Bertz CT molecular complexity index is 1000. The van der Waals surface area contributed by atoms with Crippen LogP contribution in [0.25, 0.3) is 17.4 Å². The van der Waals surface area contributed by atoms with Crippen molar-refractivity contribution < 1.29 is 13.9 Å². The second kappa shape index (κ2) is 6.47. The summed E-state index contributed by atoms with van der Waals surface area (Å²) in [6.07, 6.45) is 1.78. The van der Waals surface area contributed by atoms with Gasteiger partial charge in [0.1, 0.15) is 17.3 Å². The van der Waals surface area contributed by atoms with Crippen molar-refractivity contribution in [2.24, 2.45) is 0 Å². The van der Waals surface area contributed by atoms with E-state index in [1.807, 2.05) is 42.5 Å². The molecular weight excluding hydrogens is 356 g/mol. The maximum absolute atomic E-state index is 12.4. The normalized spacial score (nSPS) is 14.8. The van der Waals surface area contributed by atoms with Crippen LogP contribution >= 0.6 is 23.4 Å². The first-order chi connectivity index (χ1) is 12.2. The van der Waals surface area contributed by atoms with Gasteiger partial charge in [0.15, 0.2) is 0 Å². The van der Waals surface area contributed by atoms with Gasteiger partial charge in [0, 0.05) is 16.0 Å². The molecule has 0 radical (unpaired) electrons. The molecule has 0 bridgehead atoms. The van der Waals surface area contributed by atoms with E-state index in [0.29, 0.717) is 27.2 Å². The fraction of sp³-hybridized carbons (Fsp3) is 0.0500. The van der Waals surface area contributed by atoms with Crippen molar-refractivity contribution in [2.45, 2.75) is 4.90 Å². The van der Waals surface area contributed by atoms with Crippen LogP contribution in [0.15, 0.2) is 68.8 Å². The number of furan rings is 1. The molecule has 2 heterocycles. The van der Waals surface area contributed by atoms with Gasteiger partial charge in [-0.05, 0) is 48.5 Å². The number of ketones is 1. The molecule has 4 rings (SSSR count). The number of carbonyl (C=O) groups excluding carboxylic acids is 1. The van der Waals surface area contributed by atoms with E-state index in [-0.39, 0.29) is 5.78 Å². The van der Waals surface area contributed by atoms with Crippen LogP contribution in [0.4, 0.5) is 0 Å². The van der Waals surface area contributed by atoms with Crippen molar-refractivity contribution in [3.63, 3.8) is 0 Å². The van der Waals surface area contributed by atoms with Crippen molar-refractivity contribution >= 4 is 35.2 Å². The minimum absolute atomic E-state index is 0.0334. The minimum Gasteiger partial charge on any atom is -0.495 e. The lowest BCUT2D eigenvalue weighted by molar-refractivity contribution is 0.104. The molecular formula is C20H13ClO3S. The molecule has 0 saturated carbocycles. The number of hydrogen-bond donors (Lipinski definition) is 0. The van der Waals surface area contributed by atoms with E-state index in [0.717, 1.165) is 16.0 Å². The summed E-state index contributed by atoms with van der Waals surface area (Å²) in [5.74, 6) is 1.96. The van der Waals surface area contributed by atoms with Crippen LogP contribution < -0.4 is 4.74 Å². The highest BCUT2D eigenvalue weighted by Crippen LogP contribution is 2.41. The van der Waals surface area contributed by atoms with E-state index < -0.39 is 0 Å². The molecule has 0 spiro atoms. The third kappa shape index (κ3) is 2.99. The molecule has 0 atom stereocenters. The zero-order chi connectivity index (χ0) is 17.4. The summed E-state index contributed by atoms with van der Waals surface area (Å²) in [5.41, 5.74) is 1.59. The Morgan fingerprint density at radius 3 is 2.72 bits per heavy atom. The molecule has 2 aromatic carbocycles. The molecule has 1 aliphatic heterocycles.